The molecule has 0 N–H and O–H groups in total. The maximum Gasteiger partial charge on any atom is 0.115 e. The molecule has 0 heterocycles. The van der Waals surface area contributed by atoms with Gasteiger partial charge in [0.15, 0.2) is 0 Å². The molecule has 4 nitrogen and oxygen atoms in total. The Morgan fingerprint density at radius 3 is 3.08 bits per heavy atom. The molecule has 0 aromatic carbocycles. The fourth-order valence-corrected chi connectivity index (χ4v) is 0.474. The van der Waals surface area contributed by atoms with Crippen LogP contribution in [0.1, 0.15) is 6.92 Å². The Kier molecular flexibility index (Phi) is 6.76. The van der Waals surface area contributed by atoms with E-state index in [2.05, 4.69) is 15.9 Å². The van der Waals surface area contributed by atoms with Gasteiger partial charge >= 0.3 is 0 Å². The van der Waals surface area contributed by atoms with Gasteiger partial charge in [0.25, 0.3) is 0 Å². The van der Waals surface area contributed by atoms with Crippen LogP contribution in [-0.4, -0.2) is 19.3 Å². The van der Waals surface area contributed by atoms with E-state index in [-0.39, 0.29) is 6.10 Å². The average molecular weight is 165 g/mol. The van der Waals surface area contributed by atoms with Crippen molar-refractivity contribution in [1.82, 2.24) is 0 Å². The summed E-state index contributed by atoms with van der Waals surface area (Å²) in [5.74, 6) is 2.43. The highest BCUT2D eigenvalue weighted by atomic mass is 16.5. The van der Waals surface area contributed by atoms with Crippen molar-refractivity contribution in [2.45, 2.75) is 13.0 Å². The Bertz CT molecular complexity index is 223. The zero-order valence-electron chi connectivity index (χ0n) is 6.97. The molecule has 1 atom stereocenters. The molecule has 0 radical (unpaired) electrons. The van der Waals surface area contributed by atoms with Gasteiger partial charge in [0.1, 0.15) is 6.10 Å². The van der Waals surface area contributed by atoms with E-state index in [9.17, 15) is 0 Å². The summed E-state index contributed by atoms with van der Waals surface area (Å²) in [5.41, 5.74) is 7.92. The molecule has 0 aliphatic heterocycles. The number of rotatable bonds is 5. The smallest absolute Gasteiger partial charge is 0.115 e. The van der Waals surface area contributed by atoms with Crippen molar-refractivity contribution < 1.29 is 4.74 Å². The Labute approximate surface area is 71.9 Å². The first-order valence-corrected chi connectivity index (χ1v) is 3.55. The van der Waals surface area contributed by atoms with Crippen LogP contribution >= 0.6 is 0 Å². The minimum atomic E-state index is -0.172. The first-order valence-electron chi connectivity index (χ1n) is 3.55. The Morgan fingerprint density at radius 1 is 1.75 bits per heavy atom. The van der Waals surface area contributed by atoms with Gasteiger partial charge in [-0.2, -0.15) is 0 Å². The standard InChI is InChI=1S/C8H11N3O/c1-3-8(2)12-7-5-4-6-10-11-9/h1,4-5,8H,6-7H2,2H3/b5-4+/t8-/m0/s1. The van der Waals surface area contributed by atoms with Crippen LogP contribution in [0.2, 0.25) is 0 Å². The van der Waals surface area contributed by atoms with Crippen LogP contribution in [0, 0.1) is 12.3 Å². The lowest BCUT2D eigenvalue weighted by atomic mass is 10.4. The lowest BCUT2D eigenvalue weighted by Gasteiger charge is -2.01. The van der Waals surface area contributed by atoms with Crippen molar-refractivity contribution in [2.24, 2.45) is 5.11 Å². The van der Waals surface area contributed by atoms with Crippen LogP contribution < -0.4 is 0 Å². The van der Waals surface area contributed by atoms with Crippen LogP contribution in [0.4, 0.5) is 0 Å². The monoisotopic (exact) mass is 165 g/mol. The van der Waals surface area contributed by atoms with Crippen LogP contribution in [-0.2, 0) is 4.74 Å². The second-order valence-corrected chi connectivity index (χ2v) is 2.03. The van der Waals surface area contributed by atoms with Gasteiger partial charge in [-0.15, -0.1) is 6.42 Å². The maximum atomic E-state index is 7.92. The quantitative estimate of drug-likeness (QED) is 0.202. The van der Waals surface area contributed by atoms with Crippen molar-refractivity contribution in [3.8, 4) is 12.3 Å². The molecule has 4 heteroatoms. The highest BCUT2D eigenvalue weighted by molar-refractivity contribution is 4.92. The second kappa shape index (κ2) is 7.67. The number of nitrogens with zero attached hydrogens (tertiary/aromatic N) is 3. The van der Waals surface area contributed by atoms with E-state index < -0.39 is 0 Å². The molecule has 0 spiro atoms. The van der Waals surface area contributed by atoms with Gasteiger partial charge in [-0.05, 0) is 12.5 Å². The highest BCUT2D eigenvalue weighted by Crippen LogP contribution is 1.87. The predicted molar refractivity (Wildman–Crippen MR) is 47.4 cm³/mol. The van der Waals surface area contributed by atoms with Crippen molar-refractivity contribution in [2.75, 3.05) is 13.2 Å². The van der Waals surface area contributed by atoms with E-state index in [1.165, 1.54) is 0 Å². The summed E-state index contributed by atoms with van der Waals surface area (Å²) in [6.07, 6.45) is 8.39. The number of hydrogen-bond acceptors (Lipinski definition) is 2. The van der Waals surface area contributed by atoms with E-state index in [1.807, 2.05) is 0 Å². The number of hydrogen-bond donors (Lipinski definition) is 0. The number of terminal acetylenes is 1. The summed E-state index contributed by atoms with van der Waals surface area (Å²) >= 11 is 0. The van der Waals surface area contributed by atoms with Gasteiger partial charge in [-0.1, -0.05) is 23.2 Å². The fraction of sp³-hybridized carbons (Fsp3) is 0.500. The summed E-state index contributed by atoms with van der Waals surface area (Å²) < 4.78 is 5.11. The Balaban J connectivity index is 3.37. The summed E-state index contributed by atoms with van der Waals surface area (Å²) in [6, 6.07) is 0. The molecule has 0 saturated carbocycles. The largest absolute Gasteiger partial charge is 0.362 e. The molecule has 12 heavy (non-hydrogen) atoms. The molecule has 0 fully saturated rings. The lowest BCUT2D eigenvalue weighted by molar-refractivity contribution is 0.129. The Hall–Kier alpha value is -1.43. The van der Waals surface area contributed by atoms with Crippen molar-refractivity contribution >= 4 is 0 Å². The normalized spacial score (nSPS) is 12.0. The molecule has 0 saturated heterocycles. The SMILES string of the molecule is C#C[C@H](C)OC/C=C/CN=[N+]=[N-]. The summed E-state index contributed by atoms with van der Waals surface area (Å²) in [4.78, 5) is 2.59. The highest BCUT2D eigenvalue weighted by Gasteiger charge is 1.90. The van der Waals surface area contributed by atoms with E-state index >= 15 is 0 Å². The van der Waals surface area contributed by atoms with Crippen molar-refractivity contribution in [1.29, 1.82) is 0 Å². The second-order valence-electron chi connectivity index (χ2n) is 2.03. The van der Waals surface area contributed by atoms with E-state index in [4.69, 9.17) is 16.7 Å². The molecular weight excluding hydrogens is 154 g/mol. The third kappa shape index (κ3) is 6.69. The molecule has 0 rings (SSSR count). The molecule has 0 aliphatic rings. The summed E-state index contributed by atoms with van der Waals surface area (Å²) in [6.45, 7) is 2.60. The minimum absolute atomic E-state index is 0.172. The van der Waals surface area contributed by atoms with Crippen LogP contribution in [0.3, 0.4) is 0 Å². The van der Waals surface area contributed by atoms with Gasteiger partial charge < -0.3 is 4.74 Å². The average Bonchev–Trinajstić information content (AvgIpc) is 2.10. The van der Waals surface area contributed by atoms with Crippen LogP contribution in [0.15, 0.2) is 17.3 Å². The molecule has 0 aromatic heterocycles. The van der Waals surface area contributed by atoms with Gasteiger partial charge in [-0.3, -0.25) is 0 Å². The van der Waals surface area contributed by atoms with Gasteiger partial charge in [0.05, 0.1) is 6.61 Å². The predicted octanol–water partition coefficient (Wildman–Crippen LogP) is 1.89. The molecular formula is C8H11N3O. The van der Waals surface area contributed by atoms with E-state index in [1.54, 1.807) is 19.1 Å². The third-order valence-corrected chi connectivity index (χ3v) is 1.09. The summed E-state index contributed by atoms with van der Waals surface area (Å²) in [7, 11) is 0. The van der Waals surface area contributed by atoms with Crippen molar-refractivity contribution in [3.05, 3.63) is 22.6 Å². The van der Waals surface area contributed by atoms with Gasteiger partial charge in [0, 0.05) is 11.5 Å². The van der Waals surface area contributed by atoms with Crippen LogP contribution in [0.25, 0.3) is 10.4 Å². The maximum absolute atomic E-state index is 7.92. The van der Waals surface area contributed by atoms with Gasteiger partial charge in [0.2, 0.25) is 0 Å². The van der Waals surface area contributed by atoms with E-state index in [0.717, 1.165) is 0 Å². The minimum Gasteiger partial charge on any atom is -0.362 e. The van der Waals surface area contributed by atoms with Gasteiger partial charge in [-0.25, -0.2) is 0 Å². The first kappa shape index (κ1) is 10.6. The zero-order valence-corrected chi connectivity index (χ0v) is 6.97. The number of ether oxygens (including phenoxy) is 1. The van der Waals surface area contributed by atoms with Crippen molar-refractivity contribution in [3.63, 3.8) is 0 Å². The molecule has 0 unspecified atom stereocenters. The fourth-order valence-electron chi connectivity index (χ4n) is 0.474. The molecule has 0 bridgehead atoms. The number of azide groups is 1. The van der Waals surface area contributed by atoms with E-state index in [0.29, 0.717) is 13.2 Å². The lowest BCUT2D eigenvalue weighted by Crippen LogP contribution is -2.04. The van der Waals surface area contributed by atoms with Crippen LogP contribution in [0.5, 0.6) is 0 Å². The molecule has 0 aliphatic carbocycles. The molecule has 0 amide bonds. The zero-order chi connectivity index (χ0) is 9.23. The summed E-state index contributed by atoms with van der Waals surface area (Å²) in [5, 5.41) is 3.31. The Morgan fingerprint density at radius 2 is 2.50 bits per heavy atom. The molecule has 0 aromatic rings. The first-order chi connectivity index (χ1) is 5.81. The molecule has 64 valence electrons. The third-order valence-electron chi connectivity index (χ3n) is 1.09. The topological polar surface area (TPSA) is 58.0 Å².